The summed E-state index contributed by atoms with van der Waals surface area (Å²) in [6, 6.07) is 3.36. The highest BCUT2D eigenvalue weighted by Crippen LogP contribution is 2.07. The van der Waals surface area contributed by atoms with Gasteiger partial charge in [0.2, 0.25) is 0 Å². The maximum atomic E-state index is 10.9. The minimum absolute atomic E-state index is 0.240. The van der Waals surface area contributed by atoms with Crippen molar-refractivity contribution in [3.05, 3.63) is 24.0 Å². The zero-order chi connectivity index (χ0) is 12.0. The van der Waals surface area contributed by atoms with Crippen LogP contribution in [0.2, 0.25) is 0 Å². The third-order valence-electron chi connectivity index (χ3n) is 1.95. The van der Waals surface area contributed by atoms with E-state index in [-0.39, 0.29) is 5.69 Å². The first-order valence-corrected chi connectivity index (χ1v) is 6.62. The van der Waals surface area contributed by atoms with Crippen molar-refractivity contribution in [2.45, 2.75) is 6.42 Å². The van der Waals surface area contributed by atoms with Crippen molar-refractivity contribution in [3.63, 3.8) is 0 Å². The molecule has 1 heterocycles. The lowest BCUT2D eigenvalue weighted by atomic mass is 10.3. The molecule has 0 radical (unpaired) electrons. The van der Waals surface area contributed by atoms with Gasteiger partial charge in [-0.15, -0.1) is 0 Å². The topological polar surface area (TPSA) is 85.1 Å². The molecule has 0 saturated heterocycles. The van der Waals surface area contributed by atoms with Gasteiger partial charge in [0.25, 0.3) is 5.91 Å². The number of pyridine rings is 1. The lowest BCUT2D eigenvalue weighted by molar-refractivity contribution is 0.0995. The molecule has 3 N–H and O–H groups in total. The van der Waals surface area contributed by atoms with Crippen molar-refractivity contribution in [1.29, 1.82) is 0 Å². The summed E-state index contributed by atoms with van der Waals surface area (Å²) < 4.78 is 10.8. The fourth-order valence-electron chi connectivity index (χ4n) is 1.18. The van der Waals surface area contributed by atoms with Gasteiger partial charge in [-0.25, -0.2) is 0 Å². The van der Waals surface area contributed by atoms with Crippen LogP contribution in [0.25, 0.3) is 0 Å². The number of hydrogen-bond acceptors (Lipinski definition) is 4. The van der Waals surface area contributed by atoms with Crippen LogP contribution in [0.1, 0.15) is 16.9 Å². The molecule has 0 saturated carbocycles. The zero-order valence-electron chi connectivity index (χ0n) is 9.10. The van der Waals surface area contributed by atoms with Crippen LogP contribution in [0.4, 0.5) is 5.69 Å². The first-order chi connectivity index (χ1) is 7.59. The molecule has 1 aromatic rings. The fourth-order valence-corrected chi connectivity index (χ4v) is 1.73. The number of primary amides is 1. The highest BCUT2D eigenvalue weighted by Gasteiger charge is 2.02. The van der Waals surface area contributed by atoms with Gasteiger partial charge in [-0.2, -0.15) is 0 Å². The zero-order valence-corrected chi connectivity index (χ0v) is 9.92. The maximum Gasteiger partial charge on any atom is 0.267 e. The summed E-state index contributed by atoms with van der Waals surface area (Å²) in [6.07, 6.45) is 4.02. The Morgan fingerprint density at radius 1 is 1.62 bits per heavy atom. The van der Waals surface area contributed by atoms with Gasteiger partial charge in [0.1, 0.15) is 5.69 Å². The van der Waals surface area contributed by atoms with Crippen molar-refractivity contribution < 1.29 is 9.00 Å². The summed E-state index contributed by atoms with van der Waals surface area (Å²) in [5.74, 6) is 0.124. The Bertz CT molecular complexity index is 395. The number of nitrogens with zero attached hydrogens (tertiary/aromatic N) is 1. The Balaban J connectivity index is 2.45. The second kappa shape index (κ2) is 6.22. The molecule has 6 heteroatoms. The Morgan fingerprint density at radius 2 is 2.38 bits per heavy atom. The summed E-state index contributed by atoms with van der Waals surface area (Å²) >= 11 is 0. The SMILES string of the molecule is CS(=O)CCCNc1ccnc(C(N)=O)c1. The number of nitrogens with two attached hydrogens (primary N) is 1. The van der Waals surface area contributed by atoms with E-state index in [1.54, 1.807) is 18.4 Å². The Labute approximate surface area is 96.9 Å². The first-order valence-electron chi connectivity index (χ1n) is 4.89. The van der Waals surface area contributed by atoms with Crippen LogP contribution >= 0.6 is 0 Å². The van der Waals surface area contributed by atoms with Crippen molar-refractivity contribution in [2.24, 2.45) is 5.73 Å². The Kier molecular flexibility index (Phi) is 4.91. The molecule has 0 aliphatic heterocycles. The highest BCUT2D eigenvalue weighted by molar-refractivity contribution is 7.84. The highest BCUT2D eigenvalue weighted by atomic mass is 32.2. The van der Waals surface area contributed by atoms with E-state index in [9.17, 15) is 9.00 Å². The van der Waals surface area contributed by atoms with Crippen molar-refractivity contribution in [3.8, 4) is 0 Å². The predicted molar refractivity (Wildman–Crippen MR) is 64.8 cm³/mol. The average molecular weight is 241 g/mol. The summed E-state index contributed by atoms with van der Waals surface area (Å²) in [5, 5.41) is 3.11. The van der Waals surface area contributed by atoms with E-state index in [1.807, 2.05) is 0 Å². The molecular weight excluding hydrogens is 226 g/mol. The smallest absolute Gasteiger partial charge is 0.267 e. The fraction of sp³-hybridized carbons (Fsp3) is 0.400. The molecule has 88 valence electrons. The molecular formula is C10H15N3O2S. The van der Waals surface area contributed by atoms with Crippen LogP contribution in [0.15, 0.2) is 18.3 Å². The first kappa shape index (κ1) is 12.6. The van der Waals surface area contributed by atoms with Crippen molar-refractivity contribution >= 4 is 22.4 Å². The van der Waals surface area contributed by atoms with Gasteiger partial charge >= 0.3 is 0 Å². The van der Waals surface area contributed by atoms with E-state index in [2.05, 4.69) is 10.3 Å². The maximum absolute atomic E-state index is 10.9. The normalized spacial score (nSPS) is 12.1. The van der Waals surface area contributed by atoms with Crippen LogP contribution in [0.3, 0.4) is 0 Å². The van der Waals surface area contributed by atoms with Crippen LogP contribution in [-0.2, 0) is 10.8 Å². The molecule has 1 atom stereocenters. The molecule has 0 aromatic carbocycles. The molecule has 1 unspecified atom stereocenters. The summed E-state index contributed by atoms with van der Waals surface area (Å²) in [6.45, 7) is 0.710. The molecule has 16 heavy (non-hydrogen) atoms. The molecule has 0 fully saturated rings. The third kappa shape index (κ3) is 4.39. The molecule has 0 bridgehead atoms. The van der Waals surface area contributed by atoms with Gasteiger partial charge in [-0.3, -0.25) is 14.0 Å². The number of rotatable bonds is 6. The van der Waals surface area contributed by atoms with Crippen LogP contribution in [0, 0.1) is 0 Å². The van der Waals surface area contributed by atoms with E-state index < -0.39 is 16.7 Å². The van der Waals surface area contributed by atoms with E-state index in [0.717, 1.165) is 12.1 Å². The van der Waals surface area contributed by atoms with Gasteiger partial charge in [0.15, 0.2) is 0 Å². The summed E-state index contributed by atoms with van der Waals surface area (Å²) in [4.78, 5) is 14.7. The molecule has 1 rings (SSSR count). The van der Waals surface area contributed by atoms with Gasteiger partial charge in [-0.1, -0.05) is 0 Å². The van der Waals surface area contributed by atoms with Crippen molar-refractivity contribution in [2.75, 3.05) is 23.9 Å². The largest absolute Gasteiger partial charge is 0.385 e. The lowest BCUT2D eigenvalue weighted by Crippen LogP contribution is -2.13. The van der Waals surface area contributed by atoms with Gasteiger partial charge in [-0.05, 0) is 18.6 Å². The number of hydrogen-bond donors (Lipinski definition) is 2. The number of amides is 1. The third-order valence-corrected chi connectivity index (χ3v) is 2.81. The predicted octanol–water partition coefficient (Wildman–Crippen LogP) is 0.361. The minimum atomic E-state index is -0.762. The van der Waals surface area contributed by atoms with E-state index in [0.29, 0.717) is 12.3 Å². The number of nitrogens with one attached hydrogen (secondary N) is 1. The second-order valence-corrected chi connectivity index (χ2v) is 4.91. The van der Waals surface area contributed by atoms with E-state index in [4.69, 9.17) is 5.73 Å². The quantitative estimate of drug-likeness (QED) is 0.704. The van der Waals surface area contributed by atoms with Crippen LogP contribution in [-0.4, -0.2) is 33.7 Å². The minimum Gasteiger partial charge on any atom is -0.385 e. The van der Waals surface area contributed by atoms with Crippen LogP contribution in [0.5, 0.6) is 0 Å². The second-order valence-electron chi connectivity index (χ2n) is 3.35. The van der Waals surface area contributed by atoms with E-state index in [1.165, 1.54) is 6.20 Å². The van der Waals surface area contributed by atoms with Gasteiger partial charge < -0.3 is 11.1 Å². The monoisotopic (exact) mass is 241 g/mol. The Hall–Kier alpha value is -1.43. The standard InChI is InChI=1S/C10H15N3O2S/c1-16(15)6-2-4-12-8-3-5-13-9(7-8)10(11)14/h3,5,7H,2,4,6H2,1H3,(H2,11,14)(H,12,13). The summed E-state index contributed by atoms with van der Waals surface area (Å²) in [7, 11) is -0.762. The molecule has 0 spiro atoms. The summed E-state index contributed by atoms with van der Waals surface area (Å²) in [5.41, 5.74) is 6.14. The number of carbonyl (C=O) groups is 1. The number of anilines is 1. The van der Waals surface area contributed by atoms with Crippen molar-refractivity contribution in [1.82, 2.24) is 4.98 Å². The van der Waals surface area contributed by atoms with Crippen LogP contribution < -0.4 is 11.1 Å². The average Bonchev–Trinajstić information content (AvgIpc) is 2.24. The molecule has 5 nitrogen and oxygen atoms in total. The molecule has 0 aliphatic rings. The van der Waals surface area contributed by atoms with Gasteiger partial charge in [0.05, 0.1) is 0 Å². The number of aromatic nitrogens is 1. The Morgan fingerprint density at radius 3 is 3.00 bits per heavy atom. The number of carbonyl (C=O) groups excluding carboxylic acids is 1. The molecule has 1 amide bonds. The lowest BCUT2D eigenvalue weighted by Gasteiger charge is -2.05. The molecule has 1 aromatic heterocycles. The molecule has 0 aliphatic carbocycles. The van der Waals surface area contributed by atoms with Gasteiger partial charge in [0, 0.05) is 41.2 Å². The van der Waals surface area contributed by atoms with E-state index >= 15 is 0 Å².